The zero-order valence-corrected chi connectivity index (χ0v) is 7.47. The normalized spacial score (nSPS) is 10.6. The van der Waals surface area contributed by atoms with Crippen molar-refractivity contribution in [3.05, 3.63) is 12.4 Å². The molecule has 0 atom stereocenters. The third-order valence-electron chi connectivity index (χ3n) is 1.67. The molecular weight excluding hydrogens is 168 g/mol. The van der Waals surface area contributed by atoms with Crippen LogP contribution in [0.4, 0.5) is 11.8 Å². The van der Waals surface area contributed by atoms with E-state index >= 15 is 0 Å². The van der Waals surface area contributed by atoms with Crippen LogP contribution in [-0.4, -0.2) is 33.7 Å². The average Bonchev–Trinajstić information content (AvgIpc) is 2.49. The van der Waals surface area contributed by atoms with Gasteiger partial charge in [-0.3, -0.25) is 0 Å². The van der Waals surface area contributed by atoms with Gasteiger partial charge in [-0.05, 0) is 0 Å². The Morgan fingerprint density at radius 2 is 2.23 bits per heavy atom. The minimum atomic E-state index is 0.448. The minimum Gasteiger partial charge on any atom is -0.383 e. The summed E-state index contributed by atoms with van der Waals surface area (Å²) < 4.78 is 1.64. The van der Waals surface area contributed by atoms with E-state index in [9.17, 15) is 0 Å². The molecule has 0 spiro atoms. The zero-order valence-electron chi connectivity index (χ0n) is 7.47. The number of hydrogen-bond acceptors (Lipinski definition) is 5. The van der Waals surface area contributed by atoms with Crippen molar-refractivity contribution in [3.8, 4) is 0 Å². The molecule has 2 N–H and O–H groups in total. The zero-order chi connectivity index (χ0) is 9.42. The molecule has 0 bridgehead atoms. The van der Waals surface area contributed by atoms with E-state index in [0.717, 1.165) is 0 Å². The molecule has 0 unspecified atom stereocenters. The maximum Gasteiger partial charge on any atom is 0.230 e. The molecule has 0 aliphatic heterocycles. The molecule has 0 aromatic carbocycles. The lowest BCUT2D eigenvalue weighted by Gasteiger charge is -2.11. The molecule has 2 heterocycles. The highest BCUT2D eigenvalue weighted by Crippen LogP contribution is 2.12. The lowest BCUT2D eigenvalue weighted by molar-refractivity contribution is 0.874. The predicted octanol–water partition coefficient (Wildman–Crippen LogP) is -0.228. The molecule has 2 rings (SSSR count). The molecule has 2 aromatic rings. The number of anilines is 2. The van der Waals surface area contributed by atoms with E-state index in [2.05, 4.69) is 15.1 Å². The van der Waals surface area contributed by atoms with Gasteiger partial charge in [0.1, 0.15) is 12.1 Å². The van der Waals surface area contributed by atoms with Crippen molar-refractivity contribution >= 4 is 17.4 Å². The molecule has 2 aromatic heterocycles. The standard InChI is InChI=1S/C7H10N6/c1-12(2)7-11-5(8)3-6-9-4-10-13(6)7/h3-4H,8H2,1-2H3. The topological polar surface area (TPSA) is 72.3 Å². The lowest BCUT2D eigenvalue weighted by atomic mass is 10.5. The molecule has 6 nitrogen and oxygen atoms in total. The van der Waals surface area contributed by atoms with Crippen LogP contribution in [0.1, 0.15) is 0 Å². The molecular formula is C7H10N6. The van der Waals surface area contributed by atoms with E-state index in [1.54, 1.807) is 10.6 Å². The second-order valence-corrected chi connectivity index (χ2v) is 2.91. The summed E-state index contributed by atoms with van der Waals surface area (Å²) in [7, 11) is 3.76. The van der Waals surface area contributed by atoms with Crippen molar-refractivity contribution in [1.29, 1.82) is 0 Å². The number of fused-ring (bicyclic) bond motifs is 1. The van der Waals surface area contributed by atoms with Gasteiger partial charge in [-0.2, -0.15) is 14.6 Å². The Morgan fingerprint density at radius 1 is 1.46 bits per heavy atom. The number of aromatic nitrogens is 4. The Kier molecular flexibility index (Phi) is 1.54. The number of nitrogens with two attached hydrogens (primary N) is 1. The van der Waals surface area contributed by atoms with Gasteiger partial charge in [-0.15, -0.1) is 0 Å². The SMILES string of the molecule is CN(C)c1nc(N)cc2ncnn12. The first-order valence-electron chi connectivity index (χ1n) is 3.82. The Labute approximate surface area is 75.0 Å². The Hall–Kier alpha value is -1.85. The van der Waals surface area contributed by atoms with E-state index in [4.69, 9.17) is 5.73 Å². The van der Waals surface area contributed by atoms with E-state index in [-0.39, 0.29) is 0 Å². The smallest absolute Gasteiger partial charge is 0.230 e. The number of hydrogen-bond donors (Lipinski definition) is 1. The van der Waals surface area contributed by atoms with Crippen LogP contribution in [0.3, 0.4) is 0 Å². The summed E-state index contributed by atoms with van der Waals surface area (Å²) in [5.74, 6) is 1.12. The molecule has 0 aliphatic carbocycles. The highest BCUT2D eigenvalue weighted by atomic mass is 15.4. The molecule has 13 heavy (non-hydrogen) atoms. The Balaban J connectivity index is 2.77. The van der Waals surface area contributed by atoms with Gasteiger partial charge in [-0.1, -0.05) is 0 Å². The third kappa shape index (κ3) is 1.16. The van der Waals surface area contributed by atoms with Crippen LogP contribution in [0.25, 0.3) is 5.65 Å². The van der Waals surface area contributed by atoms with E-state index in [1.807, 2.05) is 19.0 Å². The van der Waals surface area contributed by atoms with Crippen LogP contribution >= 0.6 is 0 Å². The summed E-state index contributed by atoms with van der Waals surface area (Å²) in [6.45, 7) is 0. The van der Waals surface area contributed by atoms with Crippen LogP contribution in [0.15, 0.2) is 12.4 Å². The monoisotopic (exact) mass is 178 g/mol. The largest absolute Gasteiger partial charge is 0.383 e. The Bertz CT molecular complexity index is 431. The second kappa shape index (κ2) is 2.58. The van der Waals surface area contributed by atoms with Crippen LogP contribution in [-0.2, 0) is 0 Å². The molecule has 0 saturated carbocycles. The van der Waals surface area contributed by atoms with Crippen molar-refractivity contribution < 1.29 is 0 Å². The van der Waals surface area contributed by atoms with Gasteiger partial charge in [0, 0.05) is 20.2 Å². The fourth-order valence-electron chi connectivity index (χ4n) is 1.12. The maximum atomic E-state index is 5.60. The first-order chi connectivity index (χ1) is 6.18. The average molecular weight is 178 g/mol. The summed E-state index contributed by atoms with van der Waals surface area (Å²) in [5, 5.41) is 4.03. The summed E-state index contributed by atoms with van der Waals surface area (Å²) in [6.07, 6.45) is 1.48. The maximum absolute atomic E-state index is 5.60. The molecule has 0 saturated heterocycles. The first kappa shape index (κ1) is 7.78. The van der Waals surface area contributed by atoms with Crippen molar-refractivity contribution in [3.63, 3.8) is 0 Å². The highest BCUT2D eigenvalue weighted by molar-refractivity contribution is 5.52. The fraction of sp³-hybridized carbons (Fsp3) is 0.286. The highest BCUT2D eigenvalue weighted by Gasteiger charge is 2.06. The van der Waals surface area contributed by atoms with E-state index in [0.29, 0.717) is 17.4 Å². The second-order valence-electron chi connectivity index (χ2n) is 2.91. The van der Waals surface area contributed by atoms with Crippen molar-refractivity contribution in [2.45, 2.75) is 0 Å². The molecule has 0 fully saturated rings. The van der Waals surface area contributed by atoms with Gasteiger partial charge in [0.15, 0.2) is 5.65 Å². The van der Waals surface area contributed by atoms with Gasteiger partial charge < -0.3 is 10.6 Å². The summed E-state index contributed by atoms with van der Waals surface area (Å²) in [4.78, 5) is 10.00. The quantitative estimate of drug-likeness (QED) is 0.653. The van der Waals surface area contributed by atoms with Crippen molar-refractivity contribution in [2.75, 3.05) is 24.7 Å². The molecule has 0 amide bonds. The van der Waals surface area contributed by atoms with Crippen LogP contribution in [0.5, 0.6) is 0 Å². The number of nitrogen functional groups attached to an aromatic ring is 1. The van der Waals surface area contributed by atoms with Crippen LogP contribution < -0.4 is 10.6 Å². The molecule has 6 heteroatoms. The first-order valence-corrected chi connectivity index (χ1v) is 3.82. The van der Waals surface area contributed by atoms with Gasteiger partial charge >= 0.3 is 0 Å². The fourth-order valence-corrected chi connectivity index (χ4v) is 1.12. The lowest BCUT2D eigenvalue weighted by Crippen LogP contribution is -2.16. The van der Waals surface area contributed by atoms with Gasteiger partial charge in [0.25, 0.3) is 0 Å². The molecule has 0 aliphatic rings. The summed E-state index contributed by atoms with van der Waals surface area (Å²) in [5.41, 5.74) is 6.31. The minimum absolute atomic E-state index is 0.448. The summed E-state index contributed by atoms with van der Waals surface area (Å²) in [6, 6.07) is 1.68. The third-order valence-corrected chi connectivity index (χ3v) is 1.67. The molecule has 0 radical (unpaired) electrons. The van der Waals surface area contributed by atoms with Crippen LogP contribution in [0.2, 0.25) is 0 Å². The summed E-state index contributed by atoms with van der Waals surface area (Å²) >= 11 is 0. The number of rotatable bonds is 1. The number of nitrogens with zero attached hydrogens (tertiary/aromatic N) is 5. The van der Waals surface area contributed by atoms with Gasteiger partial charge in [0.2, 0.25) is 5.95 Å². The Morgan fingerprint density at radius 3 is 2.92 bits per heavy atom. The van der Waals surface area contributed by atoms with Crippen molar-refractivity contribution in [1.82, 2.24) is 19.6 Å². The van der Waals surface area contributed by atoms with E-state index in [1.165, 1.54) is 6.33 Å². The molecule has 68 valence electrons. The predicted molar refractivity (Wildman–Crippen MR) is 49.5 cm³/mol. The van der Waals surface area contributed by atoms with Gasteiger partial charge in [-0.25, -0.2) is 4.98 Å². The van der Waals surface area contributed by atoms with Gasteiger partial charge in [0.05, 0.1) is 0 Å². The van der Waals surface area contributed by atoms with Crippen LogP contribution in [0, 0.1) is 0 Å². The van der Waals surface area contributed by atoms with Crippen molar-refractivity contribution in [2.24, 2.45) is 0 Å². The van der Waals surface area contributed by atoms with E-state index < -0.39 is 0 Å².